The molecule has 0 spiro atoms. The van der Waals surface area contributed by atoms with Gasteiger partial charge in [0.15, 0.2) is 5.82 Å². The third-order valence-corrected chi connectivity index (χ3v) is 2.74. The van der Waals surface area contributed by atoms with Gasteiger partial charge in [0.1, 0.15) is 0 Å². The van der Waals surface area contributed by atoms with Gasteiger partial charge in [-0.15, -0.1) is 0 Å². The molecule has 0 unspecified atom stereocenters. The Balaban J connectivity index is 2.14. The van der Waals surface area contributed by atoms with E-state index >= 15 is 0 Å². The second kappa shape index (κ2) is 4.23. The van der Waals surface area contributed by atoms with Gasteiger partial charge >= 0.3 is 0 Å². The molecule has 0 aliphatic heterocycles. The third kappa shape index (κ3) is 1.86. The van der Waals surface area contributed by atoms with Crippen LogP contribution in [0.15, 0.2) is 40.2 Å². The summed E-state index contributed by atoms with van der Waals surface area (Å²) in [6.07, 6.45) is 2.67. The minimum atomic E-state index is -0.188. The molecule has 0 aliphatic carbocycles. The zero-order valence-corrected chi connectivity index (χ0v) is 9.83. The normalized spacial score (nSPS) is 10.9. The maximum atomic E-state index is 12.2. The van der Waals surface area contributed by atoms with Crippen LogP contribution in [0.3, 0.4) is 0 Å². The van der Waals surface area contributed by atoms with Crippen LogP contribution in [0.25, 0.3) is 10.9 Å². The molecule has 0 bridgehead atoms. The van der Waals surface area contributed by atoms with Gasteiger partial charge in [-0.25, -0.2) is 4.98 Å². The van der Waals surface area contributed by atoms with Gasteiger partial charge in [-0.05, 0) is 18.2 Å². The quantitative estimate of drug-likeness (QED) is 0.699. The summed E-state index contributed by atoms with van der Waals surface area (Å²) in [4.78, 5) is 20.2. The fourth-order valence-electron chi connectivity index (χ4n) is 1.66. The van der Waals surface area contributed by atoms with Crippen molar-refractivity contribution in [2.24, 2.45) is 0 Å². The largest absolute Gasteiger partial charge is 0.343 e. The molecule has 6 nitrogen and oxygen atoms in total. The van der Waals surface area contributed by atoms with Crippen LogP contribution in [0.4, 0.5) is 0 Å². The van der Waals surface area contributed by atoms with Crippen molar-refractivity contribution in [1.29, 1.82) is 0 Å². The van der Waals surface area contributed by atoms with E-state index in [0.29, 0.717) is 21.7 Å². The number of hydrogen-bond donors (Lipinski definition) is 0. The monoisotopic (exact) mass is 262 g/mol. The number of fused-ring (bicyclic) bond motifs is 1. The van der Waals surface area contributed by atoms with Gasteiger partial charge in [-0.1, -0.05) is 16.8 Å². The second-order valence-corrected chi connectivity index (χ2v) is 4.12. The lowest BCUT2D eigenvalue weighted by molar-refractivity contribution is 0.408. The fourth-order valence-corrected chi connectivity index (χ4v) is 1.83. The molecule has 0 amide bonds. The van der Waals surface area contributed by atoms with Gasteiger partial charge < -0.3 is 4.52 Å². The van der Waals surface area contributed by atoms with Crippen LogP contribution in [0.2, 0.25) is 5.02 Å². The number of benzene rings is 1. The smallest absolute Gasteiger partial charge is 0.261 e. The average Bonchev–Trinajstić information content (AvgIpc) is 2.86. The summed E-state index contributed by atoms with van der Waals surface area (Å²) in [5.74, 6) is 0.417. The lowest BCUT2D eigenvalue weighted by atomic mass is 10.2. The first kappa shape index (κ1) is 10.9. The molecule has 0 fully saturated rings. The van der Waals surface area contributed by atoms with Crippen molar-refractivity contribution in [3.63, 3.8) is 0 Å². The van der Waals surface area contributed by atoms with Gasteiger partial charge in [0.2, 0.25) is 6.39 Å². The predicted octanol–water partition coefficient (Wildman–Crippen LogP) is 1.48. The van der Waals surface area contributed by atoms with E-state index in [4.69, 9.17) is 11.6 Å². The molecule has 1 aromatic carbocycles. The topological polar surface area (TPSA) is 73.8 Å². The summed E-state index contributed by atoms with van der Waals surface area (Å²) in [5, 5.41) is 4.62. The zero-order chi connectivity index (χ0) is 12.5. The van der Waals surface area contributed by atoms with E-state index in [2.05, 4.69) is 19.6 Å². The molecule has 2 aromatic heterocycles. The summed E-state index contributed by atoms with van der Waals surface area (Å²) in [6.45, 7) is 0.213. The van der Waals surface area contributed by atoms with Crippen molar-refractivity contribution in [3.05, 3.63) is 52.1 Å². The molecule has 3 rings (SSSR count). The molecule has 0 N–H and O–H groups in total. The Morgan fingerprint density at radius 2 is 2.22 bits per heavy atom. The summed E-state index contributed by atoms with van der Waals surface area (Å²) >= 11 is 5.87. The summed E-state index contributed by atoms with van der Waals surface area (Å²) < 4.78 is 6.02. The maximum absolute atomic E-state index is 12.2. The number of halogens is 1. The molecular weight excluding hydrogens is 256 g/mol. The summed E-state index contributed by atoms with van der Waals surface area (Å²) in [7, 11) is 0. The molecule has 0 saturated heterocycles. The van der Waals surface area contributed by atoms with E-state index in [-0.39, 0.29) is 12.1 Å². The molecule has 3 aromatic rings. The lowest BCUT2D eigenvalue weighted by Gasteiger charge is -2.03. The Bertz CT molecular complexity index is 751. The standard InChI is InChI=1S/C11H7ClN4O2/c12-7-1-2-9-8(3-7)11(17)16(5-13-9)4-10-14-6-18-15-10/h1-3,5-6H,4H2. The first-order valence-corrected chi connectivity index (χ1v) is 5.52. The molecule has 0 saturated carbocycles. The average molecular weight is 263 g/mol. The highest BCUT2D eigenvalue weighted by molar-refractivity contribution is 6.31. The van der Waals surface area contributed by atoms with Crippen LogP contribution < -0.4 is 5.56 Å². The molecule has 2 heterocycles. The Hall–Kier alpha value is -2.21. The van der Waals surface area contributed by atoms with Gasteiger partial charge in [0.05, 0.1) is 23.8 Å². The molecule has 0 aliphatic rings. The van der Waals surface area contributed by atoms with Crippen LogP contribution in [0.5, 0.6) is 0 Å². The highest BCUT2D eigenvalue weighted by Crippen LogP contribution is 2.14. The summed E-state index contributed by atoms with van der Waals surface area (Å²) in [6, 6.07) is 5.00. The van der Waals surface area contributed by atoms with Crippen molar-refractivity contribution in [3.8, 4) is 0 Å². The molecule has 0 atom stereocenters. The molecular formula is C11H7ClN4O2. The Morgan fingerprint density at radius 1 is 1.33 bits per heavy atom. The second-order valence-electron chi connectivity index (χ2n) is 3.69. The van der Waals surface area contributed by atoms with Crippen LogP contribution in [-0.2, 0) is 6.54 Å². The van der Waals surface area contributed by atoms with Crippen molar-refractivity contribution < 1.29 is 4.52 Å². The van der Waals surface area contributed by atoms with Crippen LogP contribution in [0, 0.1) is 0 Å². The van der Waals surface area contributed by atoms with E-state index in [1.807, 2.05) is 0 Å². The highest BCUT2D eigenvalue weighted by atomic mass is 35.5. The first-order valence-electron chi connectivity index (χ1n) is 5.14. The van der Waals surface area contributed by atoms with Crippen molar-refractivity contribution in [1.82, 2.24) is 19.7 Å². The van der Waals surface area contributed by atoms with Crippen LogP contribution in [-0.4, -0.2) is 19.7 Å². The third-order valence-electron chi connectivity index (χ3n) is 2.50. The van der Waals surface area contributed by atoms with Crippen molar-refractivity contribution in [2.45, 2.75) is 6.54 Å². The van der Waals surface area contributed by atoms with Crippen molar-refractivity contribution in [2.75, 3.05) is 0 Å². The number of hydrogen-bond acceptors (Lipinski definition) is 5. The van der Waals surface area contributed by atoms with E-state index in [9.17, 15) is 4.79 Å². The van der Waals surface area contributed by atoms with E-state index in [1.54, 1.807) is 18.2 Å². The SMILES string of the molecule is O=c1c2cc(Cl)ccc2ncn1Cc1ncon1. The van der Waals surface area contributed by atoms with Gasteiger partial charge in [0.25, 0.3) is 5.56 Å². The molecule has 7 heteroatoms. The van der Waals surface area contributed by atoms with E-state index in [0.717, 1.165) is 0 Å². The lowest BCUT2D eigenvalue weighted by Crippen LogP contribution is -2.21. The number of nitrogens with zero attached hydrogens (tertiary/aromatic N) is 4. The van der Waals surface area contributed by atoms with Crippen molar-refractivity contribution >= 4 is 22.5 Å². The number of aromatic nitrogens is 4. The number of rotatable bonds is 2. The highest BCUT2D eigenvalue weighted by Gasteiger charge is 2.07. The minimum absolute atomic E-state index is 0.188. The summed E-state index contributed by atoms with van der Waals surface area (Å²) in [5.41, 5.74) is 0.418. The Kier molecular flexibility index (Phi) is 2.56. The zero-order valence-electron chi connectivity index (χ0n) is 9.08. The minimum Gasteiger partial charge on any atom is -0.343 e. The predicted molar refractivity (Wildman–Crippen MR) is 64.4 cm³/mol. The van der Waals surface area contributed by atoms with Crippen LogP contribution in [0.1, 0.15) is 5.82 Å². The maximum Gasteiger partial charge on any atom is 0.261 e. The first-order chi connectivity index (χ1) is 8.74. The van der Waals surface area contributed by atoms with Gasteiger partial charge in [-0.2, -0.15) is 4.98 Å². The van der Waals surface area contributed by atoms with E-state index < -0.39 is 0 Å². The van der Waals surface area contributed by atoms with Crippen LogP contribution >= 0.6 is 11.6 Å². The molecule has 90 valence electrons. The van der Waals surface area contributed by atoms with E-state index in [1.165, 1.54) is 17.3 Å². The Labute approximate surface area is 106 Å². The molecule has 18 heavy (non-hydrogen) atoms. The molecule has 0 radical (unpaired) electrons. The van der Waals surface area contributed by atoms with Gasteiger partial charge in [-0.3, -0.25) is 9.36 Å². The Morgan fingerprint density at radius 3 is 3.00 bits per heavy atom. The fraction of sp³-hybridized carbons (Fsp3) is 0.0909. The van der Waals surface area contributed by atoms with Gasteiger partial charge in [0, 0.05) is 5.02 Å².